The molecule has 1 aromatic rings. The highest BCUT2D eigenvalue weighted by Crippen LogP contribution is 2.18. The van der Waals surface area contributed by atoms with E-state index >= 15 is 0 Å². The van der Waals surface area contributed by atoms with Crippen LogP contribution in [0.15, 0.2) is 29.3 Å². The van der Waals surface area contributed by atoms with Gasteiger partial charge in [-0.05, 0) is 11.1 Å². The van der Waals surface area contributed by atoms with Crippen LogP contribution >= 0.6 is 11.9 Å². The normalized spacial score (nSPS) is 15.3. The van der Waals surface area contributed by atoms with E-state index in [1.54, 1.807) is 11.9 Å². The molecule has 0 fully saturated rings. The van der Waals surface area contributed by atoms with E-state index in [1.807, 2.05) is 6.34 Å². The number of fused-ring (bicyclic) bond motifs is 1. The Hall–Kier alpha value is -0.960. The maximum atomic E-state index is 4.34. The molecule has 0 unspecified atom stereocenters. The number of benzene rings is 1. The molecule has 0 bridgehead atoms. The molecule has 1 heterocycles. The van der Waals surface area contributed by atoms with E-state index in [-0.39, 0.29) is 0 Å². The molecule has 0 aromatic heterocycles. The van der Waals surface area contributed by atoms with Crippen LogP contribution < -0.4 is 0 Å². The van der Waals surface area contributed by atoms with Crippen molar-refractivity contribution in [2.75, 3.05) is 6.26 Å². The second-order valence-corrected chi connectivity index (χ2v) is 3.82. The minimum absolute atomic E-state index is 0.813. The molecule has 3 heteroatoms. The summed E-state index contributed by atoms with van der Waals surface area (Å²) >= 11 is 1.71. The largest absolute Gasteiger partial charge is 0.303 e. The molecule has 68 valence electrons. The van der Waals surface area contributed by atoms with E-state index in [0.29, 0.717) is 0 Å². The Kier molecular flexibility index (Phi) is 2.54. The molecule has 2 nitrogen and oxygen atoms in total. The quantitative estimate of drug-likeness (QED) is 0.634. The summed E-state index contributed by atoms with van der Waals surface area (Å²) in [4.78, 5) is 4.34. The van der Waals surface area contributed by atoms with Crippen molar-refractivity contribution in [3.63, 3.8) is 0 Å². The first-order chi connectivity index (χ1) is 6.40. The molecule has 0 saturated heterocycles. The van der Waals surface area contributed by atoms with Crippen molar-refractivity contribution in [2.45, 2.75) is 13.1 Å². The van der Waals surface area contributed by atoms with Gasteiger partial charge in [0.1, 0.15) is 0 Å². The molecule has 0 N–H and O–H groups in total. The summed E-state index contributed by atoms with van der Waals surface area (Å²) in [5.41, 5.74) is 2.73. The van der Waals surface area contributed by atoms with Gasteiger partial charge in [-0.25, -0.2) is 0 Å². The van der Waals surface area contributed by atoms with Crippen LogP contribution in [0.2, 0.25) is 0 Å². The molecule has 0 spiro atoms. The third-order valence-electron chi connectivity index (χ3n) is 2.15. The van der Waals surface area contributed by atoms with Gasteiger partial charge >= 0.3 is 0 Å². The van der Waals surface area contributed by atoms with Crippen molar-refractivity contribution < 1.29 is 0 Å². The zero-order chi connectivity index (χ0) is 9.10. The van der Waals surface area contributed by atoms with E-state index in [1.165, 1.54) is 11.1 Å². The lowest BCUT2D eigenvalue weighted by atomic mass is 10.1. The summed E-state index contributed by atoms with van der Waals surface area (Å²) in [6, 6.07) is 8.48. The molecule has 0 aliphatic carbocycles. The average molecular weight is 192 g/mol. The van der Waals surface area contributed by atoms with Gasteiger partial charge in [-0.15, -0.1) is 0 Å². The first-order valence-electron chi connectivity index (χ1n) is 4.27. The minimum atomic E-state index is 0.813. The highest BCUT2D eigenvalue weighted by atomic mass is 32.2. The van der Waals surface area contributed by atoms with Crippen molar-refractivity contribution in [3.8, 4) is 0 Å². The average Bonchev–Trinajstić information content (AvgIpc) is 2.38. The van der Waals surface area contributed by atoms with Crippen molar-refractivity contribution in [1.29, 1.82) is 0 Å². The van der Waals surface area contributed by atoms with Crippen LogP contribution in [0.4, 0.5) is 0 Å². The highest BCUT2D eigenvalue weighted by Gasteiger charge is 2.07. The zero-order valence-electron chi connectivity index (χ0n) is 7.60. The first kappa shape index (κ1) is 8.63. The summed E-state index contributed by atoms with van der Waals surface area (Å²) in [6.45, 7) is 1.77. The molecular formula is C10H12N2S. The molecule has 0 saturated carbocycles. The second kappa shape index (κ2) is 3.83. The molecule has 1 aliphatic heterocycles. The second-order valence-electron chi connectivity index (χ2n) is 2.98. The molecule has 2 rings (SSSR count). The highest BCUT2D eigenvalue weighted by molar-refractivity contribution is 7.96. The van der Waals surface area contributed by atoms with E-state index in [2.05, 4.69) is 39.8 Å². The van der Waals surface area contributed by atoms with Gasteiger partial charge in [0.25, 0.3) is 0 Å². The molecule has 1 aliphatic rings. The van der Waals surface area contributed by atoms with Crippen LogP contribution in [0, 0.1) is 0 Å². The van der Waals surface area contributed by atoms with Crippen LogP contribution in [-0.4, -0.2) is 16.9 Å². The van der Waals surface area contributed by atoms with Gasteiger partial charge in [0.05, 0.1) is 19.4 Å². The van der Waals surface area contributed by atoms with Gasteiger partial charge in [0.15, 0.2) is 0 Å². The summed E-state index contributed by atoms with van der Waals surface area (Å²) in [5, 5.41) is 0. The van der Waals surface area contributed by atoms with E-state index in [0.717, 1.165) is 13.1 Å². The fourth-order valence-corrected chi connectivity index (χ4v) is 1.85. The molecule has 0 radical (unpaired) electrons. The van der Waals surface area contributed by atoms with Crippen LogP contribution in [0.1, 0.15) is 11.1 Å². The Balaban J connectivity index is 2.30. The topological polar surface area (TPSA) is 15.6 Å². The molecular weight excluding hydrogens is 180 g/mol. The SMILES string of the molecule is CSN1C=NCc2ccccc2C1. The standard InChI is InChI=1S/C10H12N2S/c1-13-12-7-10-5-3-2-4-9(10)6-11-8-12/h2-5,8H,6-7H2,1H3. The fraction of sp³-hybridized carbons (Fsp3) is 0.300. The smallest absolute Gasteiger partial charge is 0.0956 e. The first-order valence-corrected chi connectivity index (χ1v) is 5.46. The van der Waals surface area contributed by atoms with Gasteiger partial charge in [-0.2, -0.15) is 0 Å². The summed E-state index contributed by atoms with van der Waals surface area (Å²) in [7, 11) is 0. The summed E-state index contributed by atoms with van der Waals surface area (Å²) in [6.07, 6.45) is 3.99. The lowest BCUT2D eigenvalue weighted by molar-refractivity contribution is 0.695. The number of hydrogen-bond donors (Lipinski definition) is 0. The molecule has 0 amide bonds. The third-order valence-corrected chi connectivity index (χ3v) is 2.84. The van der Waals surface area contributed by atoms with Crippen LogP contribution in [0.5, 0.6) is 0 Å². The monoisotopic (exact) mass is 192 g/mol. The Bertz CT molecular complexity index is 322. The van der Waals surface area contributed by atoms with Gasteiger partial charge in [0, 0.05) is 6.26 Å². The van der Waals surface area contributed by atoms with E-state index < -0.39 is 0 Å². The number of aliphatic imine (C=N–C) groups is 1. The van der Waals surface area contributed by atoms with Crippen LogP contribution in [0.25, 0.3) is 0 Å². The van der Waals surface area contributed by atoms with E-state index in [9.17, 15) is 0 Å². The van der Waals surface area contributed by atoms with Crippen molar-refractivity contribution >= 4 is 18.3 Å². The number of hydrogen-bond acceptors (Lipinski definition) is 3. The Morgan fingerprint density at radius 1 is 1.31 bits per heavy atom. The Morgan fingerprint density at radius 3 is 2.85 bits per heavy atom. The van der Waals surface area contributed by atoms with Crippen molar-refractivity contribution in [3.05, 3.63) is 35.4 Å². The number of nitrogens with zero attached hydrogens (tertiary/aromatic N) is 2. The Labute approximate surface area is 82.8 Å². The molecule has 1 aromatic carbocycles. The Morgan fingerprint density at radius 2 is 2.08 bits per heavy atom. The minimum Gasteiger partial charge on any atom is -0.303 e. The predicted octanol–water partition coefficient (Wildman–Crippen LogP) is 2.31. The lowest BCUT2D eigenvalue weighted by Crippen LogP contribution is -2.10. The van der Waals surface area contributed by atoms with Gasteiger partial charge in [0.2, 0.25) is 0 Å². The maximum absolute atomic E-state index is 4.34. The van der Waals surface area contributed by atoms with Crippen LogP contribution in [-0.2, 0) is 13.1 Å². The van der Waals surface area contributed by atoms with Gasteiger partial charge in [-0.3, -0.25) is 4.99 Å². The summed E-state index contributed by atoms with van der Waals surface area (Å²) < 4.78 is 2.14. The summed E-state index contributed by atoms with van der Waals surface area (Å²) in [5.74, 6) is 0. The zero-order valence-corrected chi connectivity index (χ0v) is 8.42. The van der Waals surface area contributed by atoms with Gasteiger partial charge in [-0.1, -0.05) is 36.2 Å². The third kappa shape index (κ3) is 1.86. The lowest BCUT2D eigenvalue weighted by Gasteiger charge is -2.14. The number of rotatable bonds is 1. The fourth-order valence-electron chi connectivity index (χ4n) is 1.42. The van der Waals surface area contributed by atoms with Crippen molar-refractivity contribution in [2.24, 2.45) is 4.99 Å². The van der Waals surface area contributed by atoms with Crippen LogP contribution in [0.3, 0.4) is 0 Å². The maximum Gasteiger partial charge on any atom is 0.0956 e. The van der Waals surface area contributed by atoms with Crippen molar-refractivity contribution in [1.82, 2.24) is 4.31 Å². The van der Waals surface area contributed by atoms with E-state index in [4.69, 9.17) is 0 Å². The molecule has 13 heavy (non-hydrogen) atoms. The predicted molar refractivity (Wildman–Crippen MR) is 57.7 cm³/mol. The van der Waals surface area contributed by atoms with Gasteiger partial charge < -0.3 is 4.31 Å². The molecule has 0 atom stereocenters.